The number of hydrogen-bond acceptors (Lipinski definition) is 4. The van der Waals surface area contributed by atoms with Crippen LogP contribution in [0.2, 0.25) is 0 Å². The Morgan fingerprint density at radius 1 is 1.42 bits per heavy atom. The zero-order valence-corrected chi connectivity index (χ0v) is 11.7. The quantitative estimate of drug-likeness (QED) is 0.781. The van der Waals surface area contributed by atoms with E-state index in [1.165, 1.54) is 18.4 Å². The van der Waals surface area contributed by atoms with E-state index in [1.807, 2.05) is 18.3 Å². The SMILES string of the molecule is CC(=O)c1ccc(N(Cc2ccsc2)C2CC2)cn1. The number of carbonyl (C=O) groups is 1. The Bertz CT molecular complexity index is 558. The lowest BCUT2D eigenvalue weighted by Crippen LogP contribution is -2.25. The minimum atomic E-state index is 0.0161. The molecule has 3 rings (SSSR count). The number of nitrogens with zero attached hydrogens (tertiary/aromatic N) is 2. The van der Waals surface area contributed by atoms with Crippen LogP contribution in [0.25, 0.3) is 0 Å². The highest BCUT2D eigenvalue weighted by atomic mass is 32.1. The molecule has 0 saturated heterocycles. The molecule has 4 heteroatoms. The number of Topliss-reactive ketones (excluding diaryl/α,β-unsaturated/α-hetero) is 1. The first-order valence-corrected chi connectivity index (χ1v) is 7.43. The predicted octanol–water partition coefficient (Wildman–Crippen LogP) is 3.51. The van der Waals surface area contributed by atoms with Gasteiger partial charge in [0.25, 0.3) is 0 Å². The zero-order chi connectivity index (χ0) is 13.2. The van der Waals surface area contributed by atoms with E-state index in [0.717, 1.165) is 12.2 Å². The average molecular weight is 272 g/mol. The van der Waals surface area contributed by atoms with Crippen LogP contribution in [0, 0.1) is 0 Å². The average Bonchev–Trinajstić information content (AvgIpc) is 3.13. The van der Waals surface area contributed by atoms with Crippen LogP contribution in [0.1, 0.15) is 35.8 Å². The lowest BCUT2D eigenvalue weighted by molar-refractivity contribution is 0.101. The molecule has 3 nitrogen and oxygen atoms in total. The van der Waals surface area contributed by atoms with Gasteiger partial charge < -0.3 is 4.90 Å². The fourth-order valence-corrected chi connectivity index (χ4v) is 2.82. The van der Waals surface area contributed by atoms with Crippen LogP contribution in [0.5, 0.6) is 0 Å². The van der Waals surface area contributed by atoms with Crippen LogP contribution >= 0.6 is 11.3 Å². The fraction of sp³-hybridized carbons (Fsp3) is 0.333. The first-order chi connectivity index (χ1) is 9.24. The van der Waals surface area contributed by atoms with Gasteiger partial charge in [-0.1, -0.05) is 0 Å². The van der Waals surface area contributed by atoms with E-state index in [1.54, 1.807) is 18.3 Å². The van der Waals surface area contributed by atoms with Gasteiger partial charge in [0.2, 0.25) is 0 Å². The predicted molar refractivity (Wildman–Crippen MR) is 77.8 cm³/mol. The summed E-state index contributed by atoms with van der Waals surface area (Å²) in [5.74, 6) is 0.0161. The molecule has 19 heavy (non-hydrogen) atoms. The van der Waals surface area contributed by atoms with E-state index in [2.05, 4.69) is 26.7 Å². The molecule has 0 atom stereocenters. The first-order valence-electron chi connectivity index (χ1n) is 6.49. The lowest BCUT2D eigenvalue weighted by Gasteiger charge is -2.24. The van der Waals surface area contributed by atoms with Gasteiger partial charge in [-0.2, -0.15) is 11.3 Å². The van der Waals surface area contributed by atoms with E-state index in [-0.39, 0.29) is 5.78 Å². The maximum absolute atomic E-state index is 11.3. The second-order valence-corrected chi connectivity index (χ2v) is 5.73. The summed E-state index contributed by atoms with van der Waals surface area (Å²) in [6.45, 7) is 2.47. The van der Waals surface area contributed by atoms with Crippen molar-refractivity contribution in [2.24, 2.45) is 0 Å². The van der Waals surface area contributed by atoms with Crippen molar-refractivity contribution in [3.63, 3.8) is 0 Å². The molecular weight excluding hydrogens is 256 g/mol. The first kappa shape index (κ1) is 12.4. The van der Waals surface area contributed by atoms with E-state index >= 15 is 0 Å². The van der Waals surface area contributed by atoms with Crippen molar-refractivity contribution >= 4 is 22.8 Å². The van der Waals surface area contributed by atoms with E-state index in [9.17, 15) is 4.79 Å². The van der Waals surface area contributed by atoms with Crippen LogP contribution in [0.3, 0.4) is 0 Å². The highest BCUT2D eigenvalue weighted by molar-refractivity contribution is 7.07. The van der Waals surface area contributed by atoms with Crippen LogP contribution < -0.4 is 4.90 Å². The highest BCUT2D eigenvalue weighted by Crippen LogP contribution is 2.33. The van der Waals surface area contributed by atoms with E-state index in [4.69, 9.17) is 0 Å². The maximum atomic E-state index is 11.3. The second kappa shape index (κ2) is 5.13. The van der Waals surface area contributed by atoms with Gasteiger partial charge in [0, 0.05) is 19.5 Å². The van der Waals surface area contributed by atoms with Crippen LogP contribution in [-0.4, -0.2) is 16.8 Å². The van der Waals surface area contributed by atoms with Crippen LogP contribution in [0.4, 0.5) is 5.69 Å². The number of ketones is 1. The van der Waals surface area contributed by atoms with Gasteiger partial charge in [0.15, 0.2) is 5.78 Å². The fourth-order valence-electron chi connectivity index (χ4n) is 2.16. The molecule has 0 aliphatic heterocycles. The Labute approximate surface area is 116 Å². The van der Waals surface area contributed by atoms with E-state index < -0.39 is 0 Å². The Morgan fingerprint density at radius 2 is 2.26 bits per heavy atom. The second-order valence-electron chi connectivity index (χ2n) is 4.95. The minimum Gasteiger partial charge on any atom is -0.363 e. The molecule has 98 valence electrons. The Kier molecular flexibility index (Phi) is 3.34. The molecule has 0 aromatic carbocycles. The number of carbonyl (C=O) groups excluding carboxylic acids is 1. The zero-order valence-electron chi connectivity index (χ0n) is 10.9. The van der Waals surface area contributed by atoms with Gasteiger partial charge in [0.05, 0.1) is 11.9 Å². The molecule has 1 saturated carbocycles. The normalized spacial score (nSPS) is 14.4. The standard InChI is InChI=1S/C15H16N2OS/c1-11(18)15-5-4-14(8-16-15)17(13-2-3-13)9-12-6-7-19-10-12/h4-8,10,13H,2-3,9H2,1H3. The van der Waals surface area contributed by atoms with E-state index in [0.29, 0.717) is 11.7 Å². The minimum absolute atomic E-state index is 0.0161. The number of pyridine rings is 1. The molecule has 0 unspecified atom stereocenters. The number of anilines is 1. The monoisotopic (exact) mass is 272 g/mol. The Balaban J connectivity index is 1.81. The maximum Gasteiger partial charge on any atom is 0.178 e. The summed E-state index contributed by atoms with van der Waals surface area (Å²) in [7, 11) is 0. The van der Waals surface area contributed by atoms with Crippen molar-refractivity contribution in [1.29, 1.82) is 0 Å². The summed E-state index contributed by atoms with van der Waals surface area (Å²) in [4.78, 5) is 17.9. The van der Waals surface area contributed by atoms with Gasteiger partial charge in [-0.3, -0.25) is 9.78 Å². The molecule has 1 aliphatic carbocycles. The number of hydrogen-bond donors (Lipinski definition) is 0. The summed E-state index contributed by atoms with van der Waals surface area (Å²) in [6.07, 6.45) is 4.32. The third-order valence-electron chi connectivity index (χ3n) is 3.36. The summed E-state index contributed by atoms with van der Waals surface area (Å²) in [5, 5.41) is 4.30. The molecule has 0 N–H and O–H groups in total. The number of aromatic nitrogens is 1. The van der Waals surface area contributed by atoms with Gasteiger partial charge >= 0.3 is 0 Å². The molecule has 2 heterocycles. The van der Waals surface area contributed by atoms with Crippen molar-refractivity contribution in [2.75, 3.05) is 4.90 Å². The Morgan fingerprint density at radius 3 is 2.79 bits per heavy atom. The molecule has 0 bridgehead atoms. The smallest absolute Gasteiger partial charge is 0.178 e. The van der Waals surface area contributed by atoms with Crippen LogP contribution in [0.15, 0.2) is 35.2 Å². The van der Waals surface area contributed by atoms with Crippen molar-refractivity contribution in [3.8, 4) is 0 Å². The summed E-state index contributed by atoms with van der Waals surface area (Å²) < 4.78 is 0. The molecule has 1 aliphatic rings. The topological polar surface area (TPSA) is 33.2 Å². The van der Waals surface area contributed by atoms with Gasteiger partial charge in [-0.15, -0.1) is 0 Å². The largest absolute Gasteiger partial charge is 0.363 e. The third-order valence-corrected chi connectivity index (χ3v) is 4.09. The molecule has 0 amide bonds. The van der Waals surface area contributed by atoms with Gasteiger partial charge in [0.1, 0.15) is 5.69 Å². The molecular formula is C15H16N2OS. The molecule has 1 fully saturated rings. The number of rotatable bonds is 5. The molecule has 2 aromatic rings. The summed E-state index contributed by atoms with van der Waals surface area (Å²) >= 11 is 1.73. The Hall–Kier alpha value is -1.68. The third kappa shape index (κ3) is 2.84. The summed E-state index contributed by atoms with van der Waals surface area (Å²) in [6, 6.07) is 6.62. The van der Waals surface area contributed by atoms with Crippen molar-refractivity contribution in [3.05, 3.63) is 46.4 Å². The molecule has 2 aromatic heterocycles. The molecule has 0 spiro atoms. The molecule has 0 radical (unpaired) electrons. The van der Waals surface area contributed by atoms with Crippen molar-refractivity contribution < 1.29 is 4.79 Å². The van der Waals surface area contributed by atoms with Crippen molar-refractivity contribution in [1.82, 2.24) is 4.98 Å². The van der Waals surface area contributed by atoms with Crippen molar-refractivity contribution in [2.45, 2.75) is 32.4 Å². The van der Waals surface area contributed by atoms with Gasteiger partial charge in [-0.05, 0) is 47.4 Å². The number of thiophene rings is 1. The lowest BCUT2D eigenvalue weighted by atomic mass is 10.2. The summed E-state index contributed by atoms with van der Waals surface area (Å²) in [5.41, 5.74) is 2.99. The van der Waals surface area contributed by atoms with Gasteiger partial charge in [-0.25, -0.2) is 0 Å². The highest BCUT2D eigenvalue weighted by Gasteiger charge is 2.29. The van der Waals surface area contributed by atoms with Crippen LogP contribution in [-0.2, 0) is 6.54 Å².